The Morgan fingerprint density at radius 3 is 2.67 bits per heavy atom. The summed E-state index contributed by atoms with van der Waals surface area (Å²) >= 11 is 0. The molecule has 0 radical (unpaired) electrons. The van der Waals surface area contributed by atoms with E-state index in [1.165, 1.54) is 11.1 Å². The number of allylic oxidation sites excluding steroid dienone is 3. The van der Waals surface area contributed by atoms with Crippen LogP contribution in [0.3, 0.4) is 0 Å². The molecule has 7 nitrogen and oxygen atoms in total. The monoisotopic (exact) mass is 489 g/mol. The average Bonchev–Trinajstić information content (AvgIpc) is 3.10. The predicted molar refractivity (Wildman–Crippen MR) is 138 cm³/mol. The molecular formula is C29H35N3O4. The molecule has 2 unspecified atom stereocenters. The molecule has 7 atom stereocenters. The Balaban J connectivity index is 1.38. The maximum absolute atomic E-state index is 11.7. The fourth-order valence-corrected chi connectivity index (χ4v) is 7.45. The first-order valence-corrected chi connectivity index (χ1v) is 12.9. The van der Waals surface area contributed by atoms with Crippen LogP contribution < -0.4 is 0 Å². The van der Waals surface area contributed by atoms with Crippen molar-refractivity contribution in [3.63, 3.8) is 0 Å². The molecule has 2 aromatic rings. The minimum atomic E-state index is -1.21. The summed E-state index contributed by atoms with van der Waals surface area (Å²) in [7, 11) is 3.72. The highest BCUT2D eigenvalue weighted by Crippen LogP contribution is 2.60. The molecule has 36 heavy (non-hydrogen) atoms. The molecule has 7 heteroatoms. The van der Waals surface area contributed by atoms with Crippen molar-refractivity contribution in [3.8, 4) is 0 Å². The van der Waals surface area contributed by atoms with E-state index >= 15 is 0 Å². The summed E-state index contributed by atoms with van der Waals surface area (Å²) in [4.78, 5) is 1.87. The highest BCUT2D eigenvalue weighted by atomic mass is 16.3. The Morgan fingerprint density at radius 2 is 1.89 bits per heavy atom. The Bertz CT molecular complexity index is 1320. The van der Waals surface area contributed by atoms with Gasteiger partial charge in [0.05, 0.1) is 29.5 Å². The summed E-state index contributed by atoms with van der Waals surface area (Å²) in [5.41, 5.74) is 4.23. The predicted octanol–water partition coefficient (Wildman–Crippen LogP) is 2.61. The third-order valence-corrected chi connectivity index (χ3v) is 9.44. The van der Waals surface area contributed by atoms with E-state index in [9.17, 15) is 20.4 Å². The van der Waals surface area contributed by atoms with Crippen LogP contribution in [0.1, 0.15) is 44.6 Å². The maximum atomic E-state index is 11.7. The Labute approximate surface area is 211 Å². The van der Waals surface area contributed by atoms with Crippen LogP contribution in [-0.4, -0.2) is 79.6 Å². The summed E-state index contributed by atoms with van der Waals surface area (Å²) in [6.45, 7) is 2.25. The number of rotatable bonds is 2. The van der Waals surface area contributed by atoms with Crippen molar-refractivity contribution in [2.45, 2.75) is 69.0 Å². The van der Waals surface area contributed by atoms with E-state index in [1.807, 2.05) is 37.2 Å². The van der Waals surface area contributed by atoms with Gasteiger partial charge in [0.2, 0.25) is 0 Å². The highest BCUT2D eigenvalue weighted by Gasteiger charge is 2.53. The highest BCUT2D eigenvalue weighted by molar-refractivity contribution is 5.85. The van der Waals surface area contributed by atoms with Crippen molar-refractivity contribution >= 4 is 16.5 Å². The zero-order chi connectivity index (χ0) is 25.4. The van der Waals surface area contributed by atoms with E-state index in [4.69, 9.17) is 0 Å². The average molecular weight is 490 g/mol. The molecule has 0 bridgehead atoms. The summed E-state index contributed by atoms with van der Waals surface area (Å²) in [5.74, 6) is 0.212. The van der Waals surface area contributed by atoms with Gasteiger partial charge in [0.15, 0.2) is 0 Å². The van der Waals surface area contributed by atoms with Crippen LogP contribution in [0.25, 0.3) is 16.5 Å². The molecule has 190 valence electrons. The molecule has 4 aliphatic rings. The lowest BCUT2D eigenvalue weighted by Crippen LogP contribution is -2.58. The van der Waals surface area contributed by atoms with Gasteiger partial charge < -0.3 is 25.3 Å². The van der Waals surface area contributed by atoms with E-state index in [2.05, 4.69) is 35.3 Å². The summed E-state index contributed by atoms with van der Waals surface area (Å²) < 4.78 is 0. The van der Waals surface area contributed by atoms with Crippen molar-refractivity contribution in [3.05, 3.63) is 64.9 Å². The van der Waals surface area contributed by atoms with Gasteiger partial charge in [-0.1, -0.05) is 30.7 Å². The minimum absolute atomic E-state index is 0.212. The number of hydrogen-bond acceptors (Lipinski definition) is 7. The third-order valence-electron chi connectivity index (χ3n) is 9.44. The van der Waals surface area contributed by atoms with Crippen LogP contribution in [0.15, 0.2) is 59.3 Å². The molecular weight excluding hydrogens is 454 g/mol. The van der Waals surface area contributed by atoms with E-state index in [0.717, 1.165) is 28.5 Å². The van der Waals surface area contributed by atoms with Crippen LogP contribution in [0.2, 0.25) is 0 Å². The Kier molecular flexibility index (Phi) is 5.52. The van der Waals surface area contributed by atoms with Gasteiger partial charge >= 0.3 is 0 Å². The van der Waals surface area contributed by atoms with Crippen LogP contribution >= 0.6 is 0 Å². The topological polar surface area (TPSA) is 110 Å². The molecule has 1 fully saturated rings. The second kappa shape index (κ2) is 8.30. The van der Waals surface area contributed by atoms with Gasteiger partial charge in [0.1, 0.15) is 6.10 Å². The van der Waals surface area contributed by atoms with E-state index in [0.29, 0.717) is 31.3 Å². The number of fused-ring (bicyclic) bond motifs is 4. The summed E-state index contributed by atoms with van der Waals surface area (Å²) in [5, 5.41) is 54.3. The smallest absolute Gasteiger partial charge is 0.105 e. The number of nitrogens with zero attached hydrogens (tertiary/aromatic N) is 3. The molecule has 0 saturated heterocycles. The largest absolute Gasteiger partial charge is 0.388 e. The van der Waals surface area contributed by atoms with Gasteiger partial charge in [0, 0.05) is 16.8 Å². The first-order chi connectivity index (χ1) is 17.1. The van der Waals surface area contributed by atoms with Crippen molar-refractivity contribution in [2.24, 2.45) is 11.3 Å². The number of aliphatic hydroxyl groups is 4. The molecule has 0 amide bonds. The zero-order valence-corrected chi connectivity index (χ0v) is 21.1. The van der Waals surface area contributed by atoms with Gasteiger partial charge in [-0.3, -0.25) is 0 Å². The van der Waals surface area contributed by atoms with E-state index < -0.39 is 23.9 Å². The molecule has 0 spiro atoms. The van der Waals surface area contributed by atoms with Crippen molar-refractivity contribution in [1.82, 2.24) is 15.1 Å². The number of aromatic nitrogens is 2. The van der Waals surface area contributed by atoms with Crippen molar-refractivity contribution in [2.75, 3.05) is 14.1 Å². The molecule has 1 heterocycles. The molecule has 4 N–H and O–H groups in total. The van der Waals surface area contributed by atoms with Crippen LogP contribution in [-0.2, 0) is 0 Å². The molecule has 6 rings (SSSR count). The minimum Gasteiger partial charge on any atom is -0.388 e. The molecule has 0 aliphatic heterocycles. The van der Waals surface area contributed by atoms with Crippen LogP contribution in [0, 0.1) is 11.3 Å². The normalized spacial score (nSPS) is 38.3. The Hall–Kier alpha value is -2.42. The fraction of sp³-hybridized carbons (Fsp3) is 0.517. The standard InChI is InChI=1S/C29H35N3O4/c1-28-15-25(33)19-13-22-26(34)27(35)24(32(2)3)14-29(22,36)10-8-18(19)21(28)6-5-20(28)16-4-7-23-17(12-16)9-11-30-31-23/h4-5,7,9,11-13,21,24-27,33-36H,6,8,10,14-15H2,1-3H3/t21?,24-,25?,26+,27+,28+,29+/m0/s1. The third kappa shape index (κ3) is 3.45. The zero-order valence-electron chi connectivity index (χ0n) is 21.1. The van der Waals surface area contributed by atoms with Gasteiger partial charge in [-0.05, 0) is 92.6 Å². The van der Waals surface area contributed by atoms with Gasteiger partial charge in [-0.25, -0.2) is 0 Å². The van der Waals surface area contributed by atoms with E-state index in [1.54, 1.807) is 6.20 Å². The number of aliphatic hydroxyl groups excluding tert-OH is 3. The molecule has 1 aromatic carbocycles. The van der Waals surface area contributed by atoms with Crippen LogP contribution in [0.4, 0.5) is 0 Å². The molecule has 1 aromatic heterocycles. The Morgan fingerprint density at radius 1 is 1.08 bits per heavy atom. The SMILES string of the molecule is CN(C)[C@H]1C[C@]2(O)CCC3=C(C=C2[C@@H](O)[C@@H]1O)C(O)C[C@]1(C)C(c2ccc4nnccc4c2)=CCC31. The second-order valence-electron chi connectivity index (χ2n) is 11.6. The van der Waals surface area contributed by atoms with E-state index in [-0.39, 0.29) is 17.4 Å². The van der Waals surface area contributed by atoms with Crippen LogP contribution in [0.5, 0.6) is 0 Å². The fourth-order valence-electron chi connectivity index (χ4n) is 7.45. The lowest BCUT2D eigenvalue weighted by Gasteiger charge is -2.46. The summed E-state index contributed by atoms with van der Waals surface area (Å²) in [6, 6.07) is 7.88. The quantitative estimate of drug-likeness (QED) is 0.513. The lowest BCUT2D eigenvalue weighted by atomic mass is 9.61. The molecule has 4 aliphatic carbocycles. The van der Waals surface area contributed by atoms with Gasteiger partial charge in [-0.2, -0.15) is 10.2 Å². The summed E-state index contributed by atoms with van der Waals surface area (Å²) in [6.07, 6.45) is 5.88. The van der Waals surface area contributed by atoms with Crippen molar-refractivity contribution < 1.29 is 20.4 Å². The lowest BCUT2D eigenvalue weighted by molar-refractivity contribution is -0.0922. The van der Waals surface area contributed by atoms with Gasteiger partial charge in [-0.15, -0.1) is 0 Å². The second-order valence-corrected chi connectivity index (χ2v) is 11.6. The first-order valence-electron chi connectivity index (χ1n) is 12.9. The number of benzene rings is 1. The first kappa shape index (κ1) is 23.9. The molecule has 1 saturated carbocycles. The maximum Gasteiger partial charge on any atom is 0.105 e. The van der Waals surface area contributed by atoms with Crippen molar-refractivity contribution in [1.29, 1.82) is 0 Å². The number of hydrogen-bond donors (Lipinski definition) is 4. The van der Waals surface area contributed by atoms with Gasteiger partial charge in [0.25, 0.3) is 0 Å². The number of likely N-dealkylation sites (N-methyl/N-ethyl adjacent to an activating group) is 1.